The highest BCUT2D eigenvalue weighted by atomic mass is 35.5. The molecule has 0 bridgehead atoms. The van der Waals surface area contributed by atoms with Gasteiger partial charge in [0, 0.05) is 38.9 Å². The zero-order chi connectivity index (χ0) is 16.4. The molecule has 0 aromatic carbocycles. The molecule has 4 rings (SSSR count). The largest absolute Gasteiger partial charge is 0.360 e. The second-order valence-corrected chi connectivity index (χ2v) is 7.34. The summed E-state index contributed by atoms with van der Waals surface area (Å²) in [6, 6.07) is 6.45. The summed E-state index contributed by atoms with van der Waals surface area (Å²) in [5.41, 5.74) is 0.574. The number of carbonyl (C=O) groups is 1. The van der Waals surface area contributed by atoms with Gasteiger partial charge < -0.3 is 15.1 Å². The maximum absolute atomic E-state index is 12.7. The van der Waals surface area contributed by atoms with Crippen molar-refractivity contribution in [3.63, 3.8) is 0 Å². The van der Waals surface area contributed by atoms with Crippen LogP contribution >= 0.6 is 23.7 Å². The number of nitrogens with zero attached hydrogens (tertiary/aromatic N) is 4. The molecular weight excluding hydrogens is 358 g/mol. The van der Waals surface area contributed by atoms with Crippen molar-refractivity contribution in [2.75, 3.05) is 44.2 Å². The molecule has 2 aliphatic rings. The summed E-state index contributed by atoms with van der Waals surface area (Å²) in [4.78, 5) is 17.0. The van der Waals surface area contributed by atoms with Crippen LogP contribution in [0.25, 0.3) is 0 Å². The number of hydrogen-bond acceptors (Lipinski definition) is 5. The Labute approximate surface area is 158 Å². The number of amides is 1. The Balaban J connectivity index is 0.00000182. The van der Waals surface area contributed by atoms with Crippen molar-refractivity contribution in [3.05, 3.63) is 35.5 Å². The average Bonchev–Trinajstić information content (AvgIpc) is 3.34. The molecule has 2 fully saturated rings. The van der Waals surface area contributed by atoms with E-state index in [0.29, 0.717) is 11.7 Å². The van der Waals surface area contributed by atoms with E-state index in [9.17, 15) is 4.79 Å². The van der Waals surface area contributed by atoms with E-state index in [1.807, 2.05) is 21.8 Å². The van der Waals surface area contributed by atoms with Crippen molar-refractivity contribution in [3.8, 4) is 0 Å². The number of piperidine rings is 1. The number of anilines is 1. The standard InChI is InChI=1S/C17H23N5OS.ClH/c23-17(15-5-7-22(19-15)14-3-1-6-18-13-14)21-10-8-20(9-11-21)16-4-2-12-24-16;/h2,4-5,7,12,14,18H,1,3,6,8-11,13H2;1H. The maximum atomic E-state index is 12.7. The monoisotopic (exact) mass is 381 g/mol. The number of halogens is 1. The fraction of sp³-hybridized carbons (Fsp3) is 0.529. The third kappa shape index (κ3) is 3.99. The van der Waals surface area contributed by atoms with Gasteiger partial charge in [-0.15, -0.1) is 23.7 Å². The average molecular weight is 382 g/mol. The lowest BCUT2D eigenvalue weighted by Gasteiger charge is -2.34. The summed E-state index contributed by atoms with van der Waals surface area (Å²) >= 11 is 1.76. The highest BCUT2D eigenvalue weighted by Crippen LogP contribution is 2.23. The topological polar surface area (TPSA) is 53.4 Å². The third-order valence-electron chi connectivity index (χ3n) is 4.86. The molecule has 136 valence electrons. The summed E-state index contributed by atoms with van der Waals surface area (Å²) < 4.78 is 1.96. The lowest BCUT2D eigenvalue weighted by atomic mass is 10.1. The van der Waals surface area contributed by atoms with E-state index < -0.39 is 0 Å². The van der Waals surface area contributed by atoms with Gasteiger partial charge in [-0.25, -0.2) is 0 Å². The normalized spacial score (nSPS) is 21.0. The number of nitrogens with one attached hydrogen (secondary N) is 1. The van der Waals surface area contributed by atoms with Crippen LogP contribution in [0.3, 0.4) is 0 Å². The first-order chi connectivity index (χ1) is 11.8. The molecule has 0 saturated carbocycles. The molecule has 0 spiro atoms. The SMILES string of the molecule is Cl.O=C(c1ccn(C2CCCNC2)n1)N1CCN(c2cccs2)CC1. The Kier molecular flexibility index (Phi) is 5.98. The van der Waals surface area contributed by atoms with Gasteiger partial charge in [0.2, 0.25) is 0 Å². The van der Waals surface area contributed by atoms with Gasteiger partial charge in [0.25, 0.3) is 5.91 Å². The number of carbonyl (C=O) groups excluding carboxylic acids is 1. The van der Waals surface area contributed by atoms with Gasteiger partial charge in [-0.2, -0.15) is 5.10 Å². The third-order valence-corrected chi connectivity index (χ3v) is 5.79. The number of hydrogen-bond donors (Lipinski definition) is 1. The summed E-state index contributed by atoms with van der Waals surface area (Å²) in [6.45, 7) is 5.31. The van der Waals surface area contributed by atoms with E-state index in [2.05, 4.69) is 32.8 Å². The van der Waals surface area contributed by atoms with Crippen LogP contribution in [0.15, 0.2) is 29.8 Å². The highest BCUT2D eigenvalue weighted by molar-refractivity contribution is 7.14. The van der Waals surface area contributed by atoms with Crippen LogP contribution in [-0.4, -0.2) is 59.9 Å². The quantitative estimate of drug-likeness (QED) is 0.886. The lowest BCUT2D eigenvalue weighted by Crippen LogP contribution is -2.48. The number of thiophene rings is 1. The Hall–Kier alpha value is -1.57. The van der Waals surface area contributed by atoms with Crippen molar-refractivity contribution < 1.29 is 4.79 Å². The fourth-order valence-corrected chi connectivity index (χ4v) is 4.24. The minimum absolute atomic E-state index is 0. The molecular formula is C17H24ClN5OS. The van der Waals surface area contributed by atoms with Gasteiger partial charge in [0.15, 0.2) is 0 Å². The van der Waals surface area contributed by atoms with Gasteiger partial charge in [-0.05, 0) is 43.0 Å². The molecule has 0 radical (unpaired) electrons. The van der Waals surface area contributed by atoms with E-state index >= 15 is 0 Å². The van der Waals surface area contributed by atoms with Crippen LogP contribution in [0.5, 0.6) is 0 Å². The first kappa shape index (κ1) is 18.2. The van der Waals surface area contributed by atoms with Crippen LogP contribution in [0.4, 0.5) is 5.00 Å². The maximum Gasteiger partial charge on any atom is 0.274 e. The highest BCUT2D eigenvalue weighted by Gasteiger charge is 2.25. The van der Waals surface area contributed by atoms with E-state index in [-0.39, 0.29) is 18.3 Å². The Morgan fingerprint density at radius 3 is 2.76 bits per heavy atom. The van der Waals surface area contributed by atoms with Crippen molar-refractivity contribution >= 4 is 34.7 Å². The number of piperazine rings is 1. The van der Waals surface area contributed by atoms with Crippen LogP contribution in [-0.2, 0) is 0 Å². The van der Waals surface area contributed by atoms with Crippen LogP contribution in [0.2, 0.25) is 0 Å². The fourth-order valence-electron chi connectivity index (χ4n) is 3.46. The van der Waals surface area contributed by atoms with Crippen LogP contribution < -0.4 is 10.2 Å². The van der Waals surface area contributed by atoms with E-state index in [1.54, 1.807) is 11.3 Å². The molecule has 1 N–H and O–H groups in total. The molecule has 25 heavy (non-hydrogen) atoms. The zero-order valence-corrected chi connectivity index (χ0v) is 15.8. The van der Waals surface area contributed by atoms with Gasteiger partial charge in [-0.1, -0.05) is 0 Å². The molecule has 1 atom stereocenters. The molecule has 2 aromatic heterocycles. The predicted octanol–water partition coefficient (Wildman–Crippen LogP) is 2.25. The Morgan fingerprint density at radius 1 is 1.24 bits per heavy atom. The molecule has 4 heterocycles. The van der Waals surface area contributed by atoms with Gasteiger partial charge in [0.1, 0.15) is 5.69 Å². The van der Waals surface area contributed by atoms with E-state index in [0.717, 1.165) is 45.7 Å². The molecule has 8 heteroatoms. The first-order valence-electron chi connectivity index (χ1n) is 8.65. The minimum atomic E-state index is 0. The lowest BCUT2D eigenvalue weighted by molar-refractivity contribution is 0.0739. The Bertz CT molecular complexity index is 675. The van der Waals surface area contributed by atoms with Crippen molar-refractivity contribution in [1.82, 2.24) is 20.0 Å². The smallest absolute Gasteiger partial charge is 0.274 e. The zero-order valence-electron chi connectivity index (χ0n) is 14.1. The number of rotatable bonds is 3. The summed E-state index contributed by atoms with van der Waals surface area (Å²) in [6.07, 6.45) is 4.24. The summed E-state index contributed by atoms with van der Waals surface area (Å²) in [7, 11) is 0. The van der Waals surface area contributed by atoms with Gasteiger partial charge >= 0.3 is 0 Å². The van der Waals surface area contributed by atoms with Crippen molar-refractivity contribution in [1.29, 1.82) is 0 Å². The number of aromatic nitrogens is 2. The van der Waals surface area contributed by atoms with E-state index in [1.165, 1.54) is 11.4 Å². The molecule has 1 unspecified atom stereocenters. The summed E-state index contributed by atoms with van der Waals surface area (Å²) in [5, 5.41) is 11.3. The second kappa shape index (κ2) is 8.21. The molecule has 2 saturated heterocycles. The molecule has 1 amide bonds. The van der Waals surface area contributed by atoms with Crippen molar-refractivity contribution in [2.24, 2.45) is 0 Å². The molecule has 2 aromatic rings. The van der Waals surface area contributed by atoms with E-state index in [4.69, 9.17) is 0 Å². The van der Waals surface area contributed by atoms with Crippen LogP contribution in [0.1, 0.15) is 29.4 Å². The van der Waals surface area contributed by atoms with Crippen molar-refractivity contribution in [2.45, 2.75) is 18.9 Å². The molecule has 0 aliphatic carbocycles. The van der Waals surface area contributed by atoms with Gasteiger partial charge in [0.05, 0.1) is 11.0 Å². The Morgan fingerprint density at radius 2 is 2.08 bits per heavy atom. The first-order valence-corrected chi connectivity index (χ1v) is 9.53. The molecule has 6 nitrogen and oxygen atoms in total. The van der Waals surface area contributed by atoms with Crippen LogP contribution in [0, 0.1) is 0 Å². The minimum Gasteiger partial charge on any atom is -0.360 e. The summed E-state index contributed by atoms with van der Waals surface area (Å²) in [5.74, 6) is 0.0587. The predicted molar refractivity (Wildman–Crippen MR) is 103 cm³/mol. The van der Waals surface area contributed by atoms with Gasteiger partial charge in [-0.3, -0.25) is 9.48 Å². The second-order valence-electron chi connectivity index (χ2n) is 6.41. The molecule has 2 aliphatic heterocycles.